The number of benzene rings is 1. The summed E-state index contributed by atoms with van der Waals surface area (Å²) >= 11 is 1.72. The van der Waals surface area contributed by atoms with E-state index in [0.29, 0.717) is 12.0 Å². The van der Waals surface area contributed by atoms with E-state index in [-0.39, 0.29) is 5.91 Å². The number of rotatable bonds is 3. The second-order valence-electron chi connectivity index (χ2n) is 7.19. The Morgan fingerprint density at radius 1 is 1.16 bits per heavy atom. The molecule has 2 aromatic rings. The van der Waals surface area contributed by atoms with Crippen LogP contribution in [0.25, 0.3) is 10.1 Å². The Balaban J connectivity index is 1.36. The number of hydrogen-bond donors (Lipinski definition) is 0. The topological polar surface area (TPSA) is 32.8 Å². The van der Waals surface area contributed by atoms with Crippen molar-refractivity contribution in [3.8, 4) is 0 Å². The van der Waals surface area contributed by atoms with Crippen LogP contribution in [0.3, 0.4) is 0 Å². The predicted molar refractivity (Wildman–Crippen MR) is 102 cm³/mol. The average Bonchev–Trinajstić information content (AvgIpc) is 3.15. The van der Waals surface area contributed by atoms with E-state index in [1.807, 2.05) is 17.0 Å². The number of morpholine rings is 1. The summed E-state index contributed by atoms with van der Waals surface area (Å²) < 4.78 is 6.71. The molecule has 0 aliphatic carbocycles. The number of likely N-dealkylation sites (tertiary alicyclic amines) is 1. The molecule has 3 heterocycles. The summed E-state index contributed by atoms with van der Waals surface area (Å²) in [5, 5.41) is 3.25. The normalized spacial score (nSPS) is 21.6. The van der Waals surface area contributed by atoms with Crippen LogP contribution in [0.15, 0.2) is 29.6 Å². The lowest BCUT2D eigenvalue weighted by Gasteiger charge is -2.41. The Kier molecular flexibility index (Phi) is 5.06. The summed E-state index contributed by atoms with van der Waals surface area (Å²) in [6, 6.07) is 8.76. The molecule has 1 aromatic carbocycles. The molecule has 1 atom stereocenters. The summed E-state index contributed by atoms with van der Waals surface area (Å²) in [6.45, 7) is 7.89. The zero-order valence-corrected chi connectivity index (χ0v) is 15.6. The minimum atomic E-state index is 0.186. The maximum Gasteiger partial charge on any atom is 0.253 e. The predicted octanol–water partition coefficient (Wildman–Crippen LogP) is 3.47. The molecule has 0 spiro atoms. The van der Waals surface area contributed by atoms with E-state index in [0.717, 1.165) is 57.8 Å². The fraction of sp³-hybridized carbons (Fsp3) is 0.550. The van der Waals surface area contributed by atoms with Crippen molar-refractivity contribution in [1.29, 1.82) is 0 Å². The van der Waals surface area contributed by atoms with Crippen molar-refractivity contribution >= 4 is 27.3 Å². The molecule has 25 heavy (non-hydrogen) atoms. The largest absolute Gasteiger partial charge is 0.379 e. The number of ether oxygens (including phenoxy) is 1. The first-order valence-electron chi connectivity index (χ1n) is 9.31. The molecule has 0 bridgehead atoms. The molecule has 0 unspecified atom stereocenters. The number of hydrogen-bond acceptors (Lipinski definition) is 4. The van der Waals surface area contributed by atoms with E-state index >= 15 is 0 Å². The van der Waals surface area contributed by atoms with E-state index in [1.54, 1.807) is 11.3 Å². The van der Waals surface area contributed by atoms with Crippen molar-refractivity contribution in [2.75, 3.05) is 39.4 Å². The van der Waals surface area contributed by atoms with Gasteiger partial charge in [0.25, 0.3) is 5.91 Å². The standard InChI is InChI=1S/C20H26N2O2S/c1-15(21-9-11-24-12-10-21)16-4-7-22(8-5-16)20(23)18-2-3-19-17(14-18)6-13-25-19/h2-3,6,13-16H,4-5,7-12H2,1H3/t15-/m1/s1. The Hall–Kier alpha value is -1.43. The Labute approximate surface area is 153 Å². The Morgan fingerprint density at radius 2 is 1.92 bits per heavy atom. The molecule has 2 fully saturated rings. The molecule has 5 heteroatoms. The molecule has 4 nitrogen and oxygen atoms in total. The highest BCUT2D eigenvalue weighted by atomic mass is 32.1. The Morgan fingerprint density at radius 3 is 2.68 bits per heavy atom. The van der Waals surface area contributed by atoms with Gasteiger partial charge in [0.2, 0.25) is 0 Å². The van der Waals surface area contributed by atoms with Crippen LogP contribution >= 0.6 is 11.3 Å². The van der Waals surface area contributed by atoms with Crippen LogP contribution in [0.5, 0.6) is 0 Å². The van der Waals surface area contributed by atoms with E-state index in [4.69, 9.17) is 4.74 Å². The van der Waals surface area contributed by atoms with Gasteiger partial charge in [0.05, 0.1) is 13.2 Å². The first-order chi connectivity index (χ1) is 12.2. The molecule has 0 radical (unpaired) electrons. The van der Waals surface area contributed by atoms with Crippen molar-refractivity contribution < 1.29 is 9.53 Å². The summed E-state index contributed by atoms with van der Waals surface area (Å²) in [5.41, 5.74) is 0.825. The van der Waals surface area contributed by atoms with Crippen LogP contribution in [-0.2, 0) is 4.74 Å². The summed E-state index contributed by atoms with van der Waals surface area (Å²) in [5.74, 6) is 0.868. The van der Waals surface area contributed by atoms with Gasteiger partial charge in [-0.2, -0.15) is 0 Å². The lowest BCUT2D eigenvalue weighted by molar-refractivity contribution is -0.000949. The second-order valence-corrected chi connectivity index (χ2v) is 8.14. The molecule has 134 valence electrons. The van der Waals surface area contributed by atoms with Gasteiger partial charge in [-0.15, -0.1) is 11.3 Å². The number of fused-ring (bicyclic) bond motifs is 1. The third-order valence-electron chi connectivity index (χ3n) is 5.83. The van der Waals surface area contributed by atoms with E-state index in [9.17, 15) is 4.79 Å². The molecule has 0 N–H and O–H groups in total. The molecule has 2 saturated heterocycles. The third-order valence-corrected chi connectivity index (χ3v) is 6.73. The highest BCUT2D eigenvalue weighted by Crippen LogP contribution is 2.27. The summed E-state index contributed by atoms with van der Waals surface area (Å²) in [4.78, 5) is 17.4. The molecule has 2 aliphatic rings. The fourth-order valence-electron chi connectivity index (χ4n) is 4.15. The highest BCUT2D eigenvalue weighted by molar-refractivity contribution is 7.17. The van der Waals surface area contributed by atoms with Gasteiger partial charge in [-0.05, 0) is 60.7 Å². The van der Waals surface area contributed by atoms with Crippen LogP contribution < -0.4 is 0 Å². The summed E-state index contributed by atoms with van der Waals surface area (Å²) in [7, 11) is 0. The number of carbonyl (C=O) groups excluding carboxylic acids is 1. The first-order valence-corrected chi connectivity index (χ1v) is 10.2. The number of piperidine rings is 1. The van der Waals surface area contributed by atoms with Crippen LogP contribution in [0, 0.1) is 5.92 Å². The molecule has 0 saturated carbocycles. The number of thiophene rings is 1. The number of amides is 1. The molecule has 2 aliphatic heterocycles. The van der Waals surface area contributed by atoms with Crippen LogP contribution in [-0.4, -0.2) is 61.1 Å². The van der Waals surface area contributed by atoms with Crippen LogP contribution in [0.1, 0.15) is 30.1 Å². The van der Waals surface area contributed by atoms with E-state index in [1.165, 1.54) is 10.1 Å². The highest BCUT2D eigenvalue weighted by Gasteiger charge is 2.30. The minimum Gasteiger partial charge on any atom is -0.379 e. The van der Waals surface area contributed by atoms with Crippen LogP contribution in [0.2, 0.25) is 0 Å². The monoisotopic (exact) mass is 358 g/mol. The SMILES string of the molecule is C[C@H](C1CCN(C(=O)c2ccc3sccc3c2)CC1)N1CCOCC1. The summed E-state index contributed by atoms with van der Waals surface area (Å²) in [6.07, 6.45) is 2.20. The third kappa shape index (κ3) is 3.59. The van der Waals surface area contributed by atoms with Gasteiger partial charge in [0.1, 0.15) is 0 Å². The molecular formula is C20H26N2O2S. The van der Waals surface area contributed by atoms with Gasteiger partial charge < -0.3 is 9.64 Å². The maximum absolute atomic E-state index is 12.8. The zero-order chi connectivity index (χ0) is 17.2. The van der Waals surface area contributed by atoms with Crippen molar-refractivity contribution in [1.82, 2.24) is 9.80 Å². The van der Waals surface area contributed by atoms with Crippen molar-refractivity contribution in [2.24, 2.45) is 5.92 Å². The smallest absolute Gasteiger partial charge is 0.253 e. The lowest BCUT2D eigenvalue weighted by Crippen LogP contribution is -2.49. The van der Waals surface area contributed by atoms with Crippen LogP contribution in [0.4, 0.5) is 0 Å². The quantitative estimate of drug-likeness (QED) is 0.842. The molecular weight excluding hydrogens is 332 g/mol. The van der Waals surface area contributed by atoms with Gasteiger partial charge in [-0.25, -0.2) is 0 Å². The maximum atomic E-state index is 12.8. The zero-order valence-electron chi connectivity index (χ0n) is 14.8. The van der Waals surface area contributed by atoms with Crippen molar-refractivity contribution in [3.63, 3.8) is 0 Å². The van der Waals surface area contributed by atoms with E-state index in [2.05, 4.69) is 29.3 Å². The lowest BCUT2D eigenvalue weighted by atomic mass is 9.89. The Bertz CT molecular complexity index is 730. The van der Waals surface area contributed by atoms with Crippen molar-refractivity contribution in [2.45, 2.75) is 25.8 Å². The van der Waals surface area contributed by atoms with Gasteiger partial charge in [-0.3, -0.25) is 9.69 Å². The average molecular weight is 359 g/mol. The number of nitrogens with zero attached hydrogens (tertiary/aromatic N) is 2. The number of carbonyl (C=O) groups is 1. The molecule has 1 amide bonds. The van der Waals surface area contributed by atoms with Gasteiger partial charge in [-0.1, -0.05) is 0 Å². The van der Waals surface area contributed by atoms with Gasteiger partial charge in [0, 0.05) is 42.5 Å². The second kappa shape index (κ2) is 7.44. The van der Waals surface area contributed by atoms with Gasteiger partial charge in [0.15, 0.2) is 0 Å². The van der Waals surface area contributed by atoms with Gasteiger partial charge >= 0.3 is 0 Å². The molecule has 4 rings (SSSR count). The fourth-order valence-corrected chi connectivity index (χ4v) is 4.92. The van der Waals surface area contributed by atoms with E-state index < -0.39 is 0 Å². The van der Waals surface area contributed by atoms with Crippen molar-refractivity contribution in [3.05, 3.63) is 35.2 Å². The first kappa shape index (κ1) is 17.0. The minimum absolute atomic E-state index is 0.186. The molecule has 1 aromatic heterocycles.